The lowest BCUT2D eigenvalue weighted by Crippen LogP contribution is -1.92. The molecular weight excluding hydrogens is 264 g/mol. The second kappa shape index (κ2) is 4.40. The largest absolute Gasteiger partial charge is 0.251 e. The minimum Gasteiger partial charge on any atom is -0.251 e. The molecule has 0 spiro atoms. The molecule has 1 aromatic carbocycles. The van der Waals surface area contributed by atoms with Crippen LogP contribution in [-0.4, -0.2) is 4.98 Å². The lowest BCUT2D eigenvalue weighted by molar-refractivity contribution is 1.06. The number of aromatic nitrogens is 1. The van der Waals surface area contributed by atoms with E-state index in [1.54, 1.807) is 0 Å². The molecule has 0 unspecified atom stereocenters. The van der Waals surface area contributed by atoms with Gasteiger partial charge < -0.3 is 0 Å². The monoisotopic (exact) mass is 273 g/mol. The Balaban J connectivity index is 2.94. The molecule has 2 rings (SSSR count). The SMILES string of the molecule is CCc1cc(Cl)c2c(Cl)c(C)cc(Cl)c2n1. The van der Waals surface area contributed by atoms with Gasteiger partial charge in [-0.1, -0.05) is 41.7 Å². The fourth-order valence-corrected chi connectivity index (χ4v) is 2.55. The Morgan fingerprint density at radius 1 is 1.12 bits per heavy atom. The van der Waals surface area contributed by atoms with Crippen LogP contribution in [0, 0.1) is 6.92 Å². The van der Waals surface area contributed by atoms with Crippen LogP contribution in [0.1, 0.15) is 18.2 Å². The quantitative estimate of drug-likeness (QED) is 0.708. The van der Waals surface area contributed by atoms with Crippen LogP contribution in [0.15, 0.2) is 12.1 Å². The molecule has 4 heteroatoms. The maximum absolute atomic E-state index is 6.22. The number of nitrogens with zero attached hydrogens (tertiary/aromatic N) is 1. The van der Waals surface area contributed by atoms with Gasteiger partial charge >= 0.3 is 0 Å². The van der Waals surface area contributed by atoms with Gasteiger partial charge in [-0.2, -0.15) is 0 Å². The summed E-state index contributed by atoms with van der Waals surface area (Å²) in [4.78, 5) is 4.46. The Morgan fingerprint density at radius 2 is 1.81 bits per heavy atom. The Bertz CT molecular complexity index is 564. The molecule has 0 N–H and O–H groups in total. The number of fused-ring (bicyclic) bond motifs is 1. The average Bonchev–Trinajstić information content (AvgIpc) is 2.25. The summed E-state index contributed by atoms with van der Waals surface area (Å²) in [5, 5.41) is 2.57. The van der Waals surface area contributed by atoms with Crippen molar-refractivity contribution < 1.29 is 0 Å². The zero-order valence-electron chi connectivity index (χ0n) is 8.94. The van der Waals surface area contributed by atoms with Crippen molar-refractivity contribution in [3.63, 3.8) is 0 Å². The number of benzene rings is 1. The van der Waals surface area contributed by atoms with Crippen molar-refractivity contribution in [2.75, 3.05) is 0 Å². The van der Waals surface area contributed by atoms with E-state index in [0.717, 1.165) is 23.1 Å². The van der Waals surface area contributed by atoms with E-state index in [4.69, 9.17) is 34.8 Å². The topological polar surface area (TPSA) is 12.9 Å². The molecular formula is C12H10Cl3N. The van der Waals surface area contributed by atoms with Crippen LogP contribution in [0.2, 0.25) is 15.1 Å². The zero-order valence-corrected chi connectivity index (χ0v) is 11.2. The smallest absolute Gasteiger partial charge is 0.0921 e. The first-order valence-corrected chi connectivity index (χ1v) is 6.11. The molecule has 16 heavy (non-hydrogen) atoms. The van der Waals surface area contributed by atoms with E-state index in [2.05, 4.69) is 4.98 Å². The van der Waals surface area contributed by atoms with Gasteiger partial charge in [-0.15, -0.1) is 0 Å². The van der Waals surface area contributed by atoms with Crippen molar-refractivity contribution >= 4 is 45.7 Å². The lowest BCUT2D eigenvalue weighted by atomic mass is 10.1. The summed E-state index contributed by atoms with van der Waals surface area (Å²) in [6, 6.07) is 3.65. The van der Waals surface area contributed by atoms with Gasteiger partial charge in [0.2, 0.25) is 0 Å². The van der Waals surface area contributed by atoms with E-state index in [1.807, 2.05) is 26.0 Å². The number of hydrogen-bond donors (Lipinski definition) is 0. The molecule has 0 radical (unpaired) electrons. The van der Waals surface area contributed by atoms with Crippen LogP contribution in [0.4, 0.5) is 0 Å². The van der Waals surface area contributed by atoms with Gasteiger partial charge in [-0.25, -0.2) is 0 Å². The predicted octanol–water partition coefficient (Wildman–Crippen LogP) is 5.07. The molecule has 0 aliphatic rings. The molecule has 1 aromatic heterocycles. The number of halogens is 3. The highest BCUT2D eigenvalue weighted by Crippen LogP contribution is 2.36. The molecule has 1 nitrogen and oxygen atoms in total. The molecule has 0 fully saturated rings. The average molecular weight is 275 g/mol. The Hall–Kier alpha value is -0.500. The minimum atomic E-state index is 0.592. The third kappa shape index (κ3) is 1.88. The first kappa shape index (κ1) is 12.0. The van der Waals surface area contributed by atoms with Crippen LogP contribution in [0.25, 0.3) is 10.9 Å². The van der Waals surface area contributed by atoms with E-state index >= 15 is 0 Å². The fraction of sp³-hybridized carbons (Fsp3) is 0.250. The van der Waals surface area contributed by atoms with Gasteiger partial charge in [0.05, 0.1) is 20.6 Å². The summed E-state index contributed by atoms with van der Waals surface area (Å²) in [7, 11) is 0. The summed E-state index contributed by atoms with van der Waals surface area (Å²) in [6.45, 7) is 3.92. The molecule has 0 atom stereocenters. The van der Waals surface area contributed by atoms with Crippen LogP contribution in [-0.2, 0) is 6.42 Å². The molecule has 0 aliphatic carbocycles. The summed E-state index contributed by atoms with van der Waals surface area (Å²) < 4.78 is 0. The van der Waals surface area contributed by atoms with E-state index in [0.29, 0.717) is 20.6 Å². The van der Waals surface area contributed by atoms with Crippen molar-refractivity contribution in [1.29, 1.82) is 0 Å². The number of hydrogen-bond acceptors (Lipinski definition) is 1. The van der Waals surface area contributed by atoms with Gasteiger partial charge in [0.15, 0.2) is 0 Å². The molecule has 0 aliphatic heterocycles. The van der Waals surface area contributed by atoms with Crippen LogP contribution in [0.3, 0.4) is 0 Å². The number of aryl methyl sites for hydroxylation is 2. The Kier molecular flexibility index (Phi) is 3.29. The standard InChI is InChI=1S/C12H10Cl3N/c1-3-7-5-8(13)10-11(15)6(2)4-9(14)12(10)16-7/h4-5H,3H2,1-2H3. The summed E-state index contributed by atoms with van der Waals surface area (Å²) >= 11 is 18.6. The third-order valence-electron chi connectivity index (χ3n) is 2.52. The predicted molar refractivity (Wildman–Crippen MR) is 70.9 cm³/mol. The molecule has 0 bridgehead atoms. The summed E-state index contributed by atoms with van der Waals surface area (Å²) in [5.74, 6) is 0. The van der Waals surface area contributed by atoms with Gasteiger partial charge in [0, 0.05) is 11.1 Å². The van der Waals surface area contributed by atoms with E-state index < -0.39 is 0 Å². The molecule has 0 saturated heterocycles. The summed E-state index contributed by atoms with van der Waals surface area (Å²) in [6.07, 6.45) is 0.817. The highest BCUT2D eigenvalue weighted by molar-refractivity contribution is 6.45. The van der Waals surface area contributed by atoms with E-state index in [1.165, 1.54) is 0 Å². The van der Waals surface area contributed by atoms with Gasteiger partial charge in [-0.05, 0) is 31.0 Å². The van der Waals surface area contributed by atoms with Crippen molar-refractivity contribution in [3.05, 3.63) is 38.5 Å². The van der Waals surface area contributed by atoms with Crippen LogP contribution >= 0.6 is 34.8 Å². The lowest BCUT2D eigenvalue weighted by Gasteiger charge is -2.09. The molecule has 84 valence electrons. The maximum atomic E-state index is 6.22. The van der Waals surface area contributed by atoms with Crippen molar-refractivity contribution in [2.24, 2.45) is 0 Å². The highest BCUT2D eigenvalue weighted by atomic mass is 35.5. The molecule has 1 heterocycles. The van der Waals surface area contributed by atoms with Gasteiger partial charge in [0.25, 0.3) is 0 Å². The summed E-state index contributed by atoms with van der Waals surface area (Å²) in [5.41, 5.74) is 2.51. The third-order valence-corrected chi connectivity index (χ3v) is 3.60. The highest BCUT2D eigenvalue weighted by Gasteiger charge is 2.12. The van der Waals surface area contributed by atoms with Crippen molar-refractivity contribution in [2.45, 2.75) is 20.3 Å². The maximum Gasteiger partial charge on any atom is 0.0921 e. The number of rotatable bonds is 1. The molecule has 0 amide bonds. The zero-order chi connectivity index (χ0) is 11.9. The molecule has 2 aromatic rings. The normalized spacial score (nSPS) is 11.1. The van der Waals surface area contributed by atoms with Crippen LogP contribution < -0.4 is 0 Å². The van der Waals surface area contributed by atoms with Gasteiger partial charge in [0.1, 0.15) is 0 Å². The van der Waals surface area contributed by atoms with Gasteiger partial charge in [-0.3, -0.25) is 4.98 Å². The first-order valence-electron chi connectivity index (χ1n) is 4.98. The van der Waals surface area contributed by atoms with Crippen molar-refractivity contribution in [3.8, 4) is 0 Å². The first-order chi connectivity index (χ1) is 7.54. The Morgan fingerprint density at radius 3 is 2.44 bits per heavy atom. The minimum absolute atomic E-state index is 0.592. The van der Waals surface area contributed by atoms with E-state index in [-0.39, 0.29) is 0 Å². The van der Waals surface area contributed by atoms with Crippen molar-refractivity contribution in [1.82, 2.24) is 4.98 Å². The second-order valence-electron chi connectivity index (χ2n) is 3.66. The van der Waals surface area contributed by atoms with E-state index in [9.17, 15) is 0 Å². The second-order valence-corrected chi connectivity index (χ2v) is 4.85. The fourth-order valence-electron chi connectivity index (χ4n) is 1.65. The van der Waals surface area contributed by atoms with Crippen LogP contribution in [0.5, 0.6) is 0 Å². The molecule has 0 saturated carbocycles. The number of pyridine rings is 1. The Labute approximate surface area is 109 Å².